The van der Waals surface area contributed by atoms with Gasteiger partial charge in [0, 0.05) is 19.6 Å². The van der Waals surface area contributed by atoms with Crippen molar-refractivity contribution in [2.45, 2.75) is 33.1 Å². The van der Waals surface area contributed by atoms with Gasteiger partial charge < -0.3 is 5.32 Å². The van der Waals surface area contributed by atoms with E-state index in [4.69, 9.17) is 0 Å². The van der Waals surface area contributed by atoms with Gasteiger partial charge in [0.15, 0.2) is 0 Å². The van der Waals surface area contributed by atoms with Crippen LogP contribution in [0.3, 0.4) is 0 Å². The van der Waals surface area contributed by atoms with Crippen LogP contribution >= 0.6 is 0 Å². The molecule has 0 bridgehead atoms. The van der Waals surface area contributed by atoms with E-state index in [1.165, 1.54) is 38.9 Å². The lowest BCUT2D eigenvalue weighted by atomic mass is 9.94. The van der Waals surface area contributed by atoms with Gasteiger partial charge in [-0.1, -0.05) is 18.9 Å². The highest BCUT2D eigenvalue weighted by Gasteiger charge is 2.19. The third kappa shape index (κ3) is 2.82. The highest BCUT2D eigenvalue weighted by Crippen LogP contribution is 2.21. The predicted octanol–water partition coefficient (Wildman–Crippen LogP) is 2.03. The molecule has 2 heteroatoms. The molecule has 2 aliphatic heterocycles. The van der Waals surface area contributed by atoms with E-state index in [2.05, 4.69) is 24.1 Å². The molecular weight excluding hydrogens is 184 g/mol. The molecule has 0 atom stereocenters. The van der Waals surface area contributed by atoms with Crippen LogP contribution in [0.15, 0.2) is 11.1 Å². The fraction of sp³-hybridized carbons (Fsp3) is 0.846. The Balaban J connectivity index is 1.76. The van der Waals surface area contributed by atoms with Crippen molar-refractivity contribution >= 4 is 0 Å². The zero-order chi connectivity index (χ0) is 10.7. The molecule has 0 radical (unpaired) electrons. The van der Waals surface area contributed by atoms with Crippen LogP contribution in [0, 0.1) is 5.92 Å². The third-order valence-electron chi connectivity index (χ3n) is 4.03. The molecule has 0 unspecified atom stereocenters. The van der Waals surface area contributed by atoms with E-state index < -0.39 is 0 Å². The van der Waals surface area contributed by atoms with Gasteiger partial charge in [-0.25, -0.2) is 0 Å². The van der Waals surface area contributed by atoms with E-state index in [0.717, 1.165) is 19.0 Å². The van der Waals surface area contributed by atoms with Crippen molar-refractivity contribution in [2.75, 3.05) is 32.7 Å². The molecule has 0 amide bonds. The summed E-state index contributed by atoms with van der Waals surface area (Å²) < 4.78 is 0. The molecule has 0 saturated carbocycles. The van der Waals surface area contributed by atoms with Crippen LogP contribution in [0.2, 0.25) is 0 Å². The molecule has 2 nitrogen and oxygen atoms in total. The fourth-order valence-corrected chi connectivity index (χ4v) is 2.55. The Hall–Kier alpha value is -0.340. The molecule has 2 saturated heterocycles. The maximum atomic E-state index is 3.32. The molecule has 0 aromatic carbocycles. The fourth-order valence-electron chi connectivity index (χ4n) is 2.55. The van der Waals surface area contributed by atoms with Gasteiger partial charge in [0.2, 0.25) is 0 Å². The normalized spacial score (nSPS) is 24.0. The first kappa shape index (κ1) is 11.2. The number of hydrogen-bond donors (Lipinski definition) is 1. The third-order valence-corrected chi connectivity index (χ3v) is 4.03. The lowest BCUT2D eigenvalue weighted by molar-refractivity contribution is 0.194. The van der Waals surface area contributed by atoms with E-state index in [1.54, 1.807) is 11.1 Å². The minimum absolute atomic E-state index is 1.000. The summed E-state index contributed by atoms with van der Waals surface area (Å²) in [7, 11) is 0. The van der Waals surface area contributed by atoms with Crippen LogP contribution in [0.1, 0.15) is 33.1 Å². The van der Waals surface area contributed by atoms with Crippen LogP contribution in [0.4, 0.5) is 0 Å². The van der Waals surface area contributed by atoms with Crippen molar-refractivity contribution in [2.24, 2.45) is 5.92 Å². The molecule has 0 aliphatic carbocycles. The quantitative estimate of drug-likeness (QED) is 0.714. The largest absolute Gasteiger partial charge is 0.309 e. The highest BCUT2D eigenvalue weighted by molar-refractivity contribution is 5.22. The van der Waals surface area contributed by atoms with E-state index >= 15 is 0 Å². The summed E-state index contributed by atoms with van der Waals surface area (Å²) in [5.74, 6) is 1.000. The van der Waals surface area contributed by atoms with E-state index in [1.807, 2.05) is 0 Å². The Labute approximate surface area is 93.7 Å². The Morgan fingerprint density at radius 3 is 2.47 bits per heavy atom. The minimum Gasteiger partial charge on any atom is -0.309 e. The van der Waals surface area contributed by atoms with E-state index in [9.17, 15) is 0 Å². The van der Waals surface area contributed by atoms with Gasteiger partial charge in [-0.05, 0) is 44.3 Å². The van der Waals surface area contributed by atoms with Crippen molar-refractivity contribution in [1.82, 2.24) is 10.2 Å². The van der Waals surface area contributed by atoms with Crippen molar-refractivity contribution in [1.29, 1.82) is 0 Å². The van der Waals surface area contributed by atoms with Crippen LogP contribution in [0.25, 0.3) is 0 Å². The number of rotatable bonds is 3. The van der Waals surface area contributed by atoms with Crippen molar-refractivity contribution < 1.29 is 0 Å². The summed E-state index contributed by atoms with van der Waals surface area (Å²) in [4.78, 5) is 2.63. The SMILES string of the molecule is CCC1CCN(CC(C)=C2CNC2)CC1. The van der Waals surface area contributed by atoms with Gasteiger partial charge in [-0.2, -0.15) is 0 Å². The van der Waals surface area contributed by atoms with Crippen LogP contribution in [-0.4, -0.2) is 37.6 Å². The van der Waals surface area contributed by atoms with Gasteiger partial charge >= 0.3 is 0 Å². The maximum absolute atomic E-state index is 3.32. The molecule has 0 aromatic rings. The molecule has 0 spiro atoms. The number of likely N-dealkylation sites (tertiary alicyclic amines) is 1. The lowest BCUT2D eigenvalue weighted by Gasteiger charge is -2.33. The number of hydrogen-bond acceptors (Lipinski definition) is 2. The molecule has 86 valence electrons. The zero-order valence-electron chi connectivity index (χ0n) is 10.2. The van der Waals surface area contributed by atoms with E-state index in [-0.39, 0.29) is 0 Å². The topological polar surface area (TPSA) is 15.3 Å². The Bertz CT molecular complexity index is 231. The van der Waals surface area contributed by atoms with Gasteiger partial charge in [-0.15, -0.1) is 0 Å². The number of nitrogens with one attached hydrogen (secondary N) is 1. The second-order valence-corrected chi connectivity index (χ2v) is 5.12. The minimum atomic E-state index is 1.000. The smallest absolute Gasteiger partial charge is 0.0193 e. The van der Waals surface area contributed by atoms with Gasteiger partial charge in [-0.3, -0.25) is 4.90 Å². The molecule has 15 heavy (non-hydrogen) atoms. The van der Waals surface area contributed by atoms with Crippen molar-refractivity contribution in [3.05, 3.63) is 11.1 Å². The first-order valence-corrected chi connectivity index (χ1v) is 6.40. The van der Waals surface area contributed by atoms with Gasteiger partial charge in [0.25, 0.3) is 0 Å². The van der Waals surface area contributed by atoms with E-state index in [0.29, 0.717) is 0 Å². The molecular formula is C13H24N2. The molecule has 2 rings (SSSR count). The molecule has 2 fully saturated rings. The molecule has 2 heterocycles. The lowest BCUT2D eigenvalue weighted by Crippen LogP contribution is -2.39. The van der Waals surface area contributed by atoms with Crippen LogP contribution in [-0.2, 0) is 0 Å². The second-order valence-electron chi connectivity index (χ2n) is 5.12. The Morgan fingerprint density at radius 1 is 1.33 bits per heavy atom. The Morgan fingerprint density at radius 2 is 2.00 bits per heavy atom. The summed E-state index contributed by atoms with van der Waals surface area (Å²) in [5, 5.41) is 3.32. The zero-order valence-corrected chi connectivity index (χ0v) is 10.2. The van der Waals surface area contributed by atoms with Gasteiger partial charge in [0.1, 0.15) is 0 Å². The van der Waals surface area contributed by atoms with Crippen molar-refractivity contribution in [3.8, 4) is 0 Å². The van der Waals surface area contributed by atoms with Gasteiger partial charge in [0.05, 0.1) is 0 Å². The summed E-state index contributed by atoms with van der Waals surface area (Å²) in [6, 6.07) is 0. The highest BCUT2D eigenvalue weighted by atomic mass is 15.1. The molecule has 2 aliphatic rings. The maximum Gasteiger partial charge on any atom is 0.0193 e. The molecule has 1 N–H and O–H groups in total. The first-order valence-electron chi connectivity index (χ1n) is 6.40. The summed E-state index contributed by atoms with van der Waals surface area (Å²) >= 11 is 0. The molecule has 0 aromatic heterocycles. The summed E-state index contributed by atoms with van der Waals surface area (Å²) in [6.45, 7) is 10.8. The Kier molecular flexibility index (Phi) is 3.81. The van der Waals surface area contributed by atoms with Crippen LogP contribution in [0.5, 0.6) is 0 Å². The van der Waals surface area contributed by atoms with Crippen molar-refractivity contribution in [3.63, 3.8) is 0 Å². The summed E-state index contributed by atoms with van der Waals surface area (Å²) in [6.07, 6.45) is 4.20. The number of nitrogens with zero attached hydrogens (tertiary/aromatic N) is 1. The first-order chi connectivity index (χ1) is 7.29. The average Bonchev–Trinajstić information content (AvgIpc) is 2.16. The van der Waals surface area contributed by atoms with Crippen LogP contribution < -0.4 is 5.32 Å². The monoisotopic (exact) mass is 208 g/mol. The standard InChI is InChI=1S/C13H24N2/c1-3-12-4-6-15(7-5-12)10-11(2)13-8-14-9-13/h12,14H,3-10H2,1-2H3. The second kappa shape index (κ2) is 5.13. The summed E-state index contributed by atoms with van der Waals surface area (Å²) in [5.41, 5.74) is 3.26. The average molecular weight is 208 g/mol. The predicted molar refractivity (Wildman–Crippen MR) is 65.0 cm³/mol. The number of piperidine rings is 1.